The molecule has 0 unspecified atom stereocenters. The van der Waals surface area contributed by atoms with E-state index in [0.717, 1.165) is 43.4 Å². The summed E-state index contributed by atoms with van der Waals surface area (Å²) in [4.78, 5) is 11.1. The zero-order valence-electron chi connectivity index (χ0n) is 20.3. The van der Waals surface area contributed by atoms with E-state index >= 15 is 0 Å². The summed E-state index contributed by atoms with van der Waals surface area (Å²) < 4.78 is 33.1. The normalized spacial score (nSPS) is 18.1. The smallest absolute Gasteiger partial charge is 0.243 e. The lowest BCUT2D eigenvalue weighted by atomic mass is 10.2. The predicted octanol–water partition coefficient (Wildman–Crippen LogP) is 1.07. The number of hydrogen-bond acceptors (Lipinski definition) is 10. The molecule has 4 heterocycles. The van der Waals surface area contributed by atoms with Crippen molar-refractivity contribution in [3.8, 4) is 11.3 Å². The third-order valence-electron chi connectivity index (χ3n) is 6.72. The summed E-state index contributed by atoms with van der Waals surface area (Å²) in [7, 11) is -3.59. The molecule has 5 rings (SSSR count). The van der Waals surface area contributed by atoms with Crippen molar-refractivity contribution >= 4 is 21.7 Å². The number of aryl methyl sites for hydroxylation is 1. The van der Waals surface area contributed by atoms with E-state index in [2.05, 4.69) is 29.9 Å². The molecule has 0 saturated carbocycles. The minimum atomic E-state index is -3.59. The van der Waals surface area contributed by atoms with Gasteiger partial charge in [-0.2, -0.15) is 4.31 Å². The summed E-state index contributed by atoms with van der Waals surface area (Å²) in [6.07, 6.45) is 1.56. The van der Waals surface area contributed by atoms with Crippen LogP contribution in [0.15, 0.2) is 52.0 Å². The highest BCUT2D eigenvalue weighted by Gasteiger charge is 2.29. The molecule has 0 aliphatic carbocycles. The molecule has 1 aromatic carbocycles. The standard InChI is InChI=1S/C24H31N7O4S/c1-19-25-22(18-35-19)20-2-4-21(5-3-20)36(33,34)31-14-12-30(13-15-31)24-7-6-23(26-27-24)29-10-8-28(9-11-29)16-17-32/h2-7,18,32H,8-17H2,1H3. The summed E-state index contributed by atoms with van der Waals surface area (Å²) in [5.41, 5.74) is 1.49. The van der Waals surface area contributed by atoms with Crippen molar-refractivity contribution < 1.29 is 17.9 Å². The van der Waals surface area contributed by atoms with Crippen LogP contribution in [0.2, 0.25) is 0 Å². The monoisotopic (exact) mass is 513 g/mol. The van der Waals surface area contributed by atoms with Crippen LogP contribution < -0.4 is 9.80 Å². The molecule has 0 radical (unpaired) electrons. The third-order valence-corrected chi connectivity index (χ3v) is 8.63. The number of sulfonamides is 1. The number of aliphatic hydroxyl groups is 1. The molecule has 2 aromatic heterocycles. The highest BCUT2D eigenvalue weighted by Crippen LogP contribution is 2.24. The minimum Gasteiger partial charge on any atom is -0.449 e. The average molecular weight is 514 g/mol. The fraction of sp³-hybridized carbons (Fsp3) is 0.458. The van der Waals surface area contributed by atoms with Gasteiger partial charge in [0.1, 0.15) is 12.0 Å². The predicted molar refractivity (Wildman–Crippen MR) is 135 cm³/mol. The van der Waals surface area contributed by atoms with Gasteiger partial charge >= 0.3 is 0 Å². The van der Waals surface area contributed by atoms with E-state index in [9.17, 15) is 8.42 Å². The van der Waals surface area contributed by atoms with E-state index in [-0.39, 0.29) is 11.5 Å². The van der Waals surface area contributed by atoms with Gasteiger partial charge in [-0.25, -0.2) is 13.4 Å². The van der Waals surface area contributed by atoms with Crippen LogP contribution >= 0.6 is 0 Å². The van der Waals surface area contributed by atoms with Crippen molar-refractivity contribution in [2.45, 2.75) is 11.8 Å². The van der Waals surface area contributed by atoms with Gasteiger partial charge < -0.3 is 19.3 Å². The lowest BCUT2D eigenvalue weighted by Crippen LogP contribution is -2.49. The maximum absolute atomic E-state index is 13.2. The van der Waals surface area contributed by atoms with Crippen molar-refractivity contribution in [3.05, 3.63) is 48.6 Å². The molecule has 36 heavy (non-hydrogen) atoms. The first-order valence-corrected chi connectivity index (χ1v) is 13.6. The molecule has 192 valence electrons. The van der Waals surface area contributed by atoms with Crippen molar-refractivity contribution in [1.82, 2.24) is 24.4 Å². The molecule has 0 amide bonds. The largest absolute Gasteiger partial charge is 0.449 e. The van der Waals surface area contributed by atoms with E-state index in [1.807, 2.05) is 12.1 Å². The van der Waals surface area contributed by atoms with Crippen LogP contribution in [0.3, 0.4) is 0 Å². The zero-order chi connectivity index (χ0) is 25.1. The van der Waals surface area contributed by atoms with Gasteiger partial charge in [-0.1, -0.05) is 12.1 Å². The van der Waals surface area contributed by atoms with Crippen molar-refractivity contribution in [2.75, 3.05) is 75.3 Å². The second kappa shape index (κ2) is 10.5. The summed E-state index contributed by atoms with van der Waals surface area (Å²) in [6, 6.07) is 10.7. The van der Waals surface area contributed by atoms with Crippen LogP contribution in [0.25, 0.3) is 11.3 Å². The first-order chi connectivity index (χ1) is 17.4. The number of aliphatic hydroxyl groups excluding tert-OH is 1. The van der Waals surface area contributed by atoms with Gasteiger partial charge in [0, 0.05) is 71.4 Å². The Morgan fingerprint density at radius 2 is 1.44 bits per heavy atom. The number of nitrogens with zero attached hydrogens (tertiary/aromatic N) is 7. The van der Waals surface area contributed by atoms with Crippen LogP contribution in [0.4, 0.5) is 11.6 Å². The lowest BCUT2D eigenvalue weighted by Gasteiger charge is -2.36. The van der Waals surface area contributed by atoms with Crippen LogP contribution in [0, 0.1) is 6.92 Å². The maximum Gasteiger partial charge on any atom is 0.243 e. The fourth-order valence-electron chi connectivity index (χ4n) is 4.60. The summed E-state index contributed by atoms with van der Waals surface area (Å²) in [5, 5.41) is 17.9. The molecule has 12 heteroatoms. The second-order valence-electron chi connectivity index (χ2n) is 8.97. The van der Waals surface area contributed by atoms with Crippen molar-refractivity contribution in [3.63, 3.8) is 0 Å². The number of β-amino-alcohol motifs (C(OH)–C–C–N with tert-alkyl or cyclic N) is 1. The molecular formula is C24H31N7O4S. The van der Waals surface area contributed by atoms with Gasteiger partial charge in [0.2, 0.25) is 10.0 Å². The number of piperazine rings is 2. The highest BCUT2D eigenvalue weighted by atomic mass is 32.2. The summed E-state index contributed by atoms with van der Waals surface area (Å²) in [6.45, 7) is 7.98. The molecule has 2 fully saturated rings. The highest BCUT2D eigenvalue weighted by molar-refractivity contribution is 7.89. The van der Waals surface area contributed by atoms with E-state index in [1.54, 1.807) is 37.5 Å². The Morgan fingerprint density at radius 3 is 1.94 bits per heavy atom. The molecular weight excluding hydrogens is 482 g/mol. The van der Waals surface area contributed by atoms with Crippen LogP contribution in [-0.2, 0) is 10.0 Å². The lowest BCUT2D eigenvalue weighted by molar-refractivity contribution is 0.188. The number of rotatable bonds is 7. The first kappa shape index (κ1) is 24.6. The van der Waals surface area contributed by atoms with Crippen LogP contribution in [0.1, 0.15) is 5.89 Å². The van der Waals surface area contributed by atoms with Gasteiger partial charge in [-0.3, -0.25) is 4.90 Å². The molecule has 3 aromatic rings. The van der Waals surface area contributed by atoms with Crippen LogP contribution in [0.5, 0.6) is 0 Å². The summed E-state index contributed by atoms with van der Waals surface area (Å²) in [5.74, 6) is 2.16. The molecule has 0 atom stereocenters. The van der Waals surface area contributed by atoms with Crippen LogP contribution in [-0.4, -0.2) is 103 Å². The summed E-state index contributed by atoms with van der Waals surface area (Å²) >= 11 is 0. The SMILES string of the molecule is Cc1nc(-c2ccc(S(=O)(=O)N3CCN(c4ccc(N5CCN(CCO)CC5)nn4)CC3)cc2)co1. The Kier molecular flexibility index (Phi) is 7.19. The van der Waals surface area contributed by atoms with Gasteiger partial charge in [0.25, 0.3) is 0 Å². The molecule has 2 aliphatic rings. The van der Waals surface area contributed by atoms with E-state index in [0.29, 0.717) is 44.3 Å². The molecule has 2 saturated heterocycles. The van der Waals surface area contributed by atoms with Gasteiger partial charge in [0.05, 0.1) is 11.5 Å². The minimum absolute atomic E-state index is 0.179. The van der Waals surface area contributed by atoms with Gasteiger partial charge in [0.15, 0.2) is 17.5 Å². The Balaban J connectivity index is 1.17. The number of anilines is 2. The Morgan fingerprint density at radius 1 is 0.861 bits per heavy atom. The molecule has 0 spiro atoms. The first-order valence-electron chi connectivity index (χ1n) is 12.1. The number of aromatic nitrogens is 3. The average Bonchev–Trinajstić information content (AvgIpc) is 3.36. The fourth-order valence-corrected chi connectivity index (χ4v) is 6.02. The molecule has 1 N–H and O–H groups in total. The number of benzene rings is 1. The van der Waals surface area contributed by atoms with Gasteiger partial charge in [-0.15, -0.1) is 10.2 Å². The molecule has 0 bridgehead atoms. The number of hydrogen-bond donors (Lipinski definition) is 1. The Labute approximate surface area is 211 Å². The van der Waals surface area contributed by atoms with E-state index in [1.165, 1.54) is 4.31 Å². The maximum atomic E-state index is 13.2. The van der Waals surface area contributed by atoms with Gasteiger partial charge in [-0.05, 0) is 24.3 Å². The molecule has 11 nitrogen and oxygen atoms in total. The topological polar surface area (TPSA) is 119 Å². The van der Waals surface area contributed by atoms with Crippen molar-refractivity contribution in [1.29, 1.82) is 0 Å². The Hall–Kier alpha value is -3.06. The van der Waals surface area contributed by atoms with E-state index < -0.39 is 10.0 Å². The zero-order valence-corrected chi connectivity index (χ0v) is 21.1. The number of oxazole rings is 1. The van der Waals surface area contributed by atoms with E-state index in [4.69, 9.17) is 9.52 Å². The third kappa shape index (κ3) is 5.21. The Bertz CT molecular complexity index is 1250. The molecule has 2 aliphatic heterocycles. The quantitative estimate of drug-likeness (QED) is 0.491. The van der Waals surface area contributed by atoms with Crippen molar-refractivity contribution in [2.24, 2.45) is 0 Å². The second-order valence-corrected chi connectivity index (χ2v) is 10.9.